The lowest BCUT2D eigenvalue weighted by Gasteiger charge is -2.14. The molecule has 0 aromatic heterocycles. The van der Waals surface area contributed by atoms with E-state index < -0.39 is 0 Å². The van der Waals surface area contributed by atoms with E-state index >= 15 is 0 Å². The quantitative estimate of drug-likeness (QED) is 0.150. The molecule has 0 atom stereocenters. The summed E-state index contributed by atoms with van der Waals surface area (Å²) in [7, 11) is 9.69. The number of hydrogen-bond acceptors (Lipinski definition) is 9. The maximum atomic E-state index is 10.1. The van der Waals surface area contributed by atoms with Crippen molar-refractivity contribution in [3.63, 3.8) is 0 Å². The number of aryl methyl sites for hydroxylation is 2. The first kappa shape index (κ1) is 38.3. The van der Waals surface area contributed by atoms with E-state index in [1.165, 1.54) is 11.1 Å². The van der Waals surface area contributed by atoms with Gasteiger partial charge in [-0.15, -0.1) is 0 Å². The lowest BCUT2D eigenvalue weighted by atomic mass is 10.0. The molecule has 0 unspecified atom stereocenters. The standard InChI is InChI=1S/2C16H18O3.C7H9N3O2/c2*1-11-5-7-12(8-6-11)13-9-14(17-2)16(19-4)15(10-13)18-3;11-4-9-6-1-2-8-3-7(6)10-5-12/h2*5-10H,1-4H3;1-2,4-5,8H,3H2,(H,9,11)(H,10,12). The zero-order chi connectivity index (χ0) is 36.5. The van der Waals surface area contributed by atoms with Crippen LogP contribution in [-0.2, 0) is 9.59 Å². The second-order valence-electron chi connectivity index (χ2n) is 10.7. The number of nitrogens with one attached hydrogen (secondary N) is 3. The number of carbonyl (C=O) groups excluding carboxylic acids is 2. The summed E-state index contributed by atoms with van der Waals surface area (Å²) in [6, 6.07) is 24.4. The molecule has 3 N–H and O–H groups in total. The van der Waals surface area contributed by atoms with E-state index in [4.69, 9.17) is 28.4 Å². The molecule has 1 aliphatic rings. The van der Waals surface area contributed by atoms with Gasteiger partial charge in [-0.1, -0.05) is 59.7 Å². The van der Waals surface area contributed by atoms with E-state index in [1.807, 2.05) is 24.3 Å². The Kier molecular flexibility index (Phi) is 15.1. The van der Waals surface area contributed by atoms with E-state index in [0.717, 1.165) is 22.3 Å². The SMILES string of the molecule is COc1cc(-c2ccc(C)cc2)cc(OC)c1OC.COc1cc(-c2ccc(C)cc2)cc(OC)c1OC.O=CNC1=C(NC=O)CNC=C1. The molecule has 4 aromatic rings. The monoisotopic (exact) mass is 683 g/mol. The van der Waals surface area contributed by atoms with Crippen LogP contribution in [0.5, 0.6) is 34.5 Å². The van der Waals surface area contributed by atoms with E-state index in [1.54, 1.807) is 54.9 Å². The molecule has 0 radical (unpaired) electrons. The summed E-state index contributed by atoms with van der Waals surface area (Å²) in [4.78, 5) is 20.2. The van der Waals surface area contributed by atoms with Crippen molar-refractivity contribution >= 4 is 12.8 Å². The zero-order valence-electron chi connectivity index (χ0n) is 29.7. The van der Waals surface area contributed by atoms with Crippen molar-refractivity contribution in [3.8, 4) is 56.8 Å². The third-order valence-electron chi connectivity index (χ3n) is 7.52. The third kappa shape index (κ3) is 10.2. The maximum Gasteiger partial charge on any atom is 0.211 e. The first-order valence-corrected chi connectivity index (χ1v) is 15.5. The van der Waals surface area contributed by atoms with Crippen LogP contribution >= 0.6 is 0 Å². The molecule has 11 nitrogen and oxygen atoms in total. The fourth-order valence-corrected chi connectivity index (χ4v) is 4.89. The average molecular weight is 684 g/mol. The molecule has 1 heterocycles. The molecule has 0 fully saturated rings. The van der Waals surface area contributed by atoms with Crippen molar-refractivity contribution in [2.75, 3.05) is 49.2 Å². The average Bonchev–Trinajstić information content (AvgIpc) is 3.15. The van der Waals surface area contributed by atoms with Crippen LogP contribution in [-0.4, -0.2) is 62.0 Å². The van der Waals surface area contributed by atoms with Gasteiger partial charge in [0.2, 0.25) is 24.3 Å². The van der Waals surface area contributed by atoms with Crippen molar-refractivity contribution in [3.05, 3.63) is 108 Å². The highest BCUT2D eigenvalue weighted by Crippen LogP contribution is 2.42. The van der Waals surface area contributed by atoms with Gasteiger partial charge in [0, 0.05) is 0 Å². The fraction of sp³-hybridized carbons (Fsp3) is 0.231. The zero-order valence-corrected chi connectivity index (χ0v) is 29.7. The van der Waals surface area contributed by atoms with Crippen LogP contribution in [0.1, 0.15) is 11.1 Å². The highest BCUT2D eigenvalue weighted by atomic mass is 16.5. The van der Waals surface area contributed by atoms with Gasteiger partial charge < -0.3 is 44.4 Å². The first-order valence-electron chi connectivity index (χ1n) is 15.5. The Morgan fingerprint density at radius 1 is 0.540 bits per heavy atom. The topological polar surface area (TPSA) is 126 Å². The lowest BCUT2D eigenvalue weighted by molar-refractivity contribution is -0.110. The Morgan fingerprint density at radius 3 is 1.24 bits per heavy atom. The molecule has 4 aromatic carbocycles. The molecule has 1 aliphatic heterocycles. The Hall–Kier alpha value is -6.10. The second-order valence-corrected chi connectivity index (χ2v) is 10.7. The van der Waals surface area contributed by atoms with Crippen molar-refractivity contribution in [1.29, 1.82) is 0 Å². The van der Waals surface area contributed by atoms with E-state index in [9.17, 15) is 9.59 Å². The normalized spacial score (nSPS) is 11.3. The number of ether oxygens (including phenoxy) is 6. The number of methoxy groups -OCH3 is 6. The summed E-state index contributed by atoms with van der Waals surface area (Å²) < 4.78 is 32.1. The number of carbonyl (C=O) groups is 2. The summed E-state index contributed by atoms with van der Waals surface area (Å²) in [6.07, 6.45) is 4.51. The van der Waals surface area contributed by atoms with Crippen LogP contribution in [0.15, 0.2) is 96.5 Å². The number of rotatable bonds is 12. The minimum absolute atomic E-state index is 0.505. The van der Waals surface area contributed by atoms with Gasteiger partial charge in [-0.25, -0.2) is 0 Å². The van der Waals surface area contributed by atoms with E-state index in [-0.39, 0.29) is 0 Å². The number of benzene rings is 4. The van der Waals surface area contributed by atoms with Gasteiger partial charge in [0.25, 0.3) is 0 Å². The third-order valence-corrected chi connectivity index (χ3v) is 7.52. The van der Waals surface area contributed by atoms with Crippen molar-refractivity contribution < 1.29 is 38.0 Å². The van der Waals surface area contributed by atoms with Gasteiger partial charge >= 0.3 is 0 Å². The molecule has 0 aliphatic carbocycles. The largest absolute Gasteiger partial charge is 0.493 e. The number of dihydropyridines is 1. The molecule has 2 amide bonds. The van der Waals surface area contributed by atoms with Crippen LogP contribution in [0.4, 0.5) is 0 Å². The summed E-state index contributed by atoms with van der Waals surface area (Å²) in [6.45, 7) is 4.64. The Balaban J connectivity index is 0.000000209. The predicted octanol–water partition coefficient (Wildman–Crippen LogP) is 6.18. The molecule has 0 spiro atoms. The van der Waals surface area contributed by atoms with Gasteiger partial charge in [0.1, 0.15) is 0 Å². The number of amides is 2. The lowest BCUT2D eigenvalue weighted by Crippen LogP contribution is -2.29. The summed E-state index contributed by atoms with van der Waals surface area (Å²) in [5, 5.41) is 7.85. The van der Waals surface area contributed by atoms with Gasteiger partial charge in [0.05, 0.1) is 60.6 Å². The molecule has 0 saturated heterocycles. The molecule has 50 heavy (non-hydrogen) atoms. The van der Waals surface area contributed by atoms with Crippen molar-refractivity contribution in [1.82, 2.24) is 16.0 Å². The van der Waals surface area contributed by atoms with E-state index in [2.05, 4.69) is 78.3 Å². The predicted molar refractivity (Wildman–Crippen MR) is 195 cm³/mol. The second kappa shape index (κ2) is 19.7. The van der Waals surface area contributed by atoms with Crippen LogP contribution in [0.25, 0.3) is 22.3 Å². The molecular formula is C39H45N3O8. The molecule has 11 heteroatoms. The summed E-state index contributed by atoms with van der Waals surface area (Å²) in [5.41, 5.74) is 8.03. The van der Waals surface area contributed by atoms with Crippen LogP contribution in [0.3, 0.4) is 0 Å². The minimum Gasteiger partial charge on any atom is -0.493 e. The number of hydrogen-bond donors (Lipinski definition) is 3. The van der Waals surface area contributed by atoms with Crippen molar-refractivity contribution in [2.45, 2.75) is 13.8 Å². The molecule has 5 rings (SSSR count). The molecule has 0 bridgehead atoms. The highest BCUT2D eigenvalue weighted by Gasteiger charge is 2.15. The molecular weight excluding hydrogens is 638 g/mol. The molecule has 264 valence electrons. The maximum absolute atomic E-state index is 10.1. The Labute approximate surface area is 293 Å². The smallest absolute Gasteiger partial charge is 0.211 e. The van der Waals surface area contributed by atoms with Gasteiger partial charge in [-0.2, -0.15) is 0 Å². The Morgan fingerprint density at radius 2 is 0.920 bits per heavy atom. The van der Waals surface area contributed by atoms with E-state index in [0.29, 0.717) is 65.3 Å². The van der Waals surface area contributed by atoms with Gasteiger partial charge in [-0.05, 0) is 72.6 Å². The fourth-order valence-electron chi connectivity index (χ4n) is 4.89. The highest BCUT2D eigenvalue weighted by molar-refractivity contribution is 5.72. The van der Waals surface area contributed by atoms with Crippen LogP contribution in [0.2, 0.25) is 0 Å². The molecule has 0 saturated carbocycles. The van der Waals surface area contributed by atoms with Crippen LogP contribution < -0.4 is 44.4 Å². The summed E-state index contributed by atoms with van der Waals surface area (Å²) in [5.74, 6) is 3.88. The Bertz CT molecular complexity index is 1610. The number of allylic oxidation sites excluding steroid dienone is 1. The van der Waals surface area contributed by atoms with Crippen molar-refractivity contribution in [2.24, 2.45) is 0 Å². The summed E-state index contributed by atoms with van der Waals surface area (Å²) >= 11 is 0. The van der Waals surface area contributed by atoms with Gasteiger partial charge in [0.15, 0.2) is 23.0 Å². The minimum atomic E-state index is 0.505. The first-order chi connectivity index (χ1) is 24.3. The van der Waals surface area contributed by atoms with Gasteiger partial charge in [-0.3, -0.25) is 9.59 Å². The van der Waals surface area contributed by atoms with Crippen LogP contribution in [0, 0.1) is 13.8 Å².